The number of anilines is 3. The summed E-state index contributed by atoms with van der Waals surface area (Å²) < 4.78 is 6.50. The number of nitrogens with one attached hydrogen (secondary N) is 1. The Balaban J connectivity index is 1.49. The standard InChI is InChI=1S/C24H23BrN6O/c25-20-1-2-22-19(11-20)14-28-24(30-22)29-21-10-16(15-31-5-7-32-8-6-31)9-18(12-21)17-3-4-27-23(26)13-17/h1-4,9-14H,5-8,15H2,(H2,26,27)(H,28,29,30). The van der Waals surface area contributed by atoms with Gasteiger partial charge in [-0.2, -0.15) is 0 Å². The van der Waals surface area contributed by atoms with Crippen molar-refractivity contribution in [2.75, 3.05) is 37.4 Å². The molecule has 4 aromatic rings. The number of pyridine rings is 1. The molecule has 1 fully saturated rings. The third-order valence-electron chi connectivity index (χ3n) is 5.42. The predicted octanol–water partition coefficient (Wildman–Crippen LogP) is 4.61. The van der Waals surface area contributed by atoms with Crippen LogP contribution in [-0.4, -0.2) is 46.2 Å². The molecule has 32 heavy (non-hydrogen) atoms. The van der Waals surface area contributed by atoms with Crippen molar-refractivity contribution < 1.29 is 4.74 Å². The topological polar surface area (TPSA) is 89.2 Å². The minimum Gasteiger partial charge on any atom is -0.384 e. The lowest BCUT2D eigenvalue weighted by molar-refractivity contribution is 0.0342. The molecule has 162 valence electrons. The summed E-state index contributed by atoms with van der Waals surface area (Å²) in [5.41, 5.74) is 11.0. The molecule has 0 spiro atoms. The zero-order chi connectivity index (χ0) is 21.9. The van der Waals surface area contributed by atoms with E-state index in [0.717, 1.165) is 65.0 Å². The zero-order valence-electron chi connectivity index (χ0n) is 17.5. The monoisotopic (exact) mass is 490 g/mol. The van der Waals surface area contributed by atoms with Crippen LogP contribution in [0.2, 0.25) is 0 Å². The first-order valence-corrected chi connectivity index (χ1v) is 11.3. The van der Waals surface area contributed by atoms with Gasteiger partial charge in [0.2, 0.25) is 5.95 Å². The van der Waals surface area contributed by atoms with E-state index in [1.807, 2.05) is 36.5 Å². The van der Waals surface area contributed by atoms with E-state index in [-0.39, 0.29) is 0 Å². The Morgan fingerprint density at radius 1 is 1.00 bits per heavy atom. The first kappa shape index (κ1) is 20.8. The third-order valence-corrected chi connectivity index (χ3v) is 5.91. The van der Waals surface area contributed by atoms with Crippen LogP contribution in [0, 0.1) is 0 Å². The van der Waals surface area contributed by atoms with Gasteiger partial charge < -0.3 is 15.8 Å². The van der Waals surface area contributed by atoms with Crippen molar-refractivity contribution in [3.8, 4) is 11.1 Å². The van der Waals surface area contributed by atoms with Crippen LogP contribution in [0.15, 0.2) is 65.4 Å². The minimum absolute atomic E-state index is 0.500. The van der Waals surface area contributed by atoms with Crippen LogP contribution in [0.1, 0.15) is 5.56 Å². The molecule has 1 aliphatic heterocycles. The molecule has 0 radical (unpaired) electrons. The molecule has 0 unspecified atom stereocenters. The molecule has 7 nitrogen and oxygen atoms in total. The minimum atomic E-state index is 0.500. The maximum Gasteiger partial charge on any atom is 0.227 e. The fourth-order valence-electron chi connectivity index (χ4n) is 3.86. The summed E-state index contributed by atoms with van der Waals surface area (Å²) in [7, 11) is 0. The highest BCUT2D eigenvalue weighted by molar-refractivity contribution is 9.10. The van der Waals surface area contributed by atoms with E-state index in [4.69, 9.17) is 10.5 Å². The molecule has 3 N–H and O–H groups in total. The number of aromatic nitrogens is 3. The lowest BCUT2D eigenvalue weighted by atomic mass is 10.0. The molecular weight excluding hydrogens is 468 g/mol. The van der Waals surface area contributed by atoms with Crippen LogP contribution in [0.25, 0.3) is 22.0 Å². The second-order valence-corrected chi connectivity index (χ2v) is 8.71. The molecule has 0 amide bonds. The number of morpholine rings is 1. The number of hydrogen-bond donors (Lipinski definition) is 2. The summed E-state index contributed by atoms with van der Waals surface area (Å²) in [5.74, 6) is 1.06. The Hall–Kier alpha value is -3.07. The van der Waals surface area contributed by atoms with Crippen molar-refractivity contribution in [2.24, 2.45) is 0 Å². The number of rotatable bonds is 5. The van der Waals surface area contributed by atoms with Gasteiger partial charge in [-0.05, 0) is 65.2 Å². The molecule has 0 bridgehead atoms. The Morgan fingerprint density at radius 3 is 2.72 bits per heavy atom. The van der Waals surface area contributed by atoms with Crippen LogP contribution in [0.3, 0.4) is 0 Å². The number of halogens is 1. The normalized spacial score (nSPS) is 14.5. The van der Waals surface area contributed by atoms with Crippen molar-refractivity contribution in [3.05, 3.63) is 71.0 Å². The largest absolute Gasteiger partial charge is 0.384 e. The number of nitrogens with two attached hydrogens (primary N) is 1. The molecular formula is C24H23BrN6O. The van der Waals surface area contributed by atoms with E-state index in [1.165, 1.54) is 5.56 Å². The molecule has 1 saturated heterocycles. The van der Waals surface area contributed by atoms with Crippen LogP contribution < -0.4 is 11.1 Å². The highest BCUT2D eigenvalue weighted by Gasteiger charge is 2.13. The van der Waals surface area contributed by atoms with Crippen LogP contribution in [-0.2, 0) is 11.3 Å². The SMILES string of the molecule is Nc1cc(-c2cc(CN3CCOCC3)cc(Nc3ncc4cc(Br)ccc4n3)c2)ccn1. The molecule has 0 atom stereocenters. The fraction of sp³-hybridized carbons (Fsp3) is 0.208. The van der Waals surface area contributed by atoms with Gasteiger partial charge in [-0.3, -0.25) is 4.90 Å². The number of fused-ring (bicyclic) bond motifs is 1. The first-order valence-electron chi connectivity index (χ1n) is 10.5. The smallest absolute Gasteiger partial charge is 0.227 e. The maximum atomic E-state index is 5.94. The number of hydrogen-bond acceptors (Lipinski definition) is 7. The quantitative estimate of drug-likeness (QED) is 0.422. The second kappa shape index (κ2) is 9.20. The van der Waals surface area contributed by atoms with E-state index in [2.05, 4.69) is 59.3 Å². The molecule has 1 aliphatic rings. The lowest BCUT2D eigenvalue weighted by Crippen LogP contribution is -2.35. The predicted molar refractivity (Wildman–Crippen MR) is 131 cm³/mol. The van der Waals surface area contributed by atoms with E-state index in [1.54, 1.807) is 6.20 Å². The summed E-state index contributed by atoms with van der Waals surface area (Å²) in [4.78, 5) is 15.7. The van der Waals surface area contributed by atoms with E-state index < -0.39 is 0 Å². The van der Waals surface area contributed by atoms with Gasteiger partial charge in [0, 0.05) is 47.6 Å². The molecule has 0 aliphatic carbocycles. The lowest BCUT2D eigenvalue weighted by Gasteiger charge is -2.27. The Kier molecular flexibility index (Phi) is 5.98. The highest BCUT2D eigenvalue weighted by atomic mass is 79.9. The molecule has 5 rings (SSSR count). The van der Waals surface area contributed by atoms with Gasteiger partial charge in [-0.15, -0.1) is 0 Å². The number of nitrogens with zero attached hydrogens (tertiary/aromatic N) is 4. The summed E-state index contributed by atoms with van der Waals surface area (Å²) in [6.07, 6.45) is 3.56. The van der Waals surface area contributed by atoms with Gasteiger partial charge in [0.25, 0.3) is 0 Å². The third kappa shape index (κ3) is 4.88. The van der Waals surface area contributed by atoms with Gasteiger partial charge in [-0.25, -0.2) is 15.0 Å². The van der Waals surface area contributed by atoms with Crippen LogP contribution >= 0.6 is 15.9 Å². The summed E-state index contributed by atoms with van der Waals surface area (Å²) in [6, 6.07) is 16.3. The average Bonchev–Trinajstić information content (AvgIpc) is 2.80. The number of benzene rings is 2. The molecule has 2 aromatic heterocycles. The Bertz CT molecular complexity index is 1260. The van der Waals surface area contributed by atoms with Crippen LogP contribution in [0.4, 0.5) is 17.5 Å². The zero-order valence-corrected chi connectivity index (χ0v) is 19.0. The van der Waals surface area contributed by atoms with Crippen LogP contribution in [0.5, 0.6) is 0 Å². The van der Waals surface area contributed by atoms with Crippen molar-refractivity contribution in [1.29, 1.82) is 0 Å². The van der Waals surface area contributed by atoms with E-state index >= 15 is 0 Å². The maximum absolute atomic E-state index is 5.94. The van der Waals surface area contributed by atoms with Gasteiger partial charge in [0.05, 0.1) is 18.7 Å². The second-order valence-electron chi connectivity index (χ2n) is 7.80. The van der Waals surface area contributed by atoms with E-state index in [0.29, 0.717) is 11.8 Å². The first-order chi connectivity index (χ1) is 15.6. The summed E-state index contributed by atoms with van der Waals surface area (Å²) >= 11 is 3.49. The Morgan fingerprint density at radius 2 is 1.88 bits per heavy atom. The fourth-order valence-corrected chi connectivity index (χ4v) is 4.24. The molecule has 2 aromatic carbocycles. The number of nitrogen functional groups attached to an aromatic ring is 1. The Labute approximate surface area is 194 Å². The van der Waals surface area contributed by atoms with E-state index in [9.17, 15) is 0 Å². The van der Waals surface area contributed by atoms with Crippen molar-refractivity contribution in [1.82, 2.24) is 19.9 Å². The number of ether oxygens (including phenoxy) is 1. The molecule has 0 saturated carbocycles. The summed E-state index contributed by atoms with van der Waals surface area (Å²) in [5, 5.41) is 4.37. The highest BCUT2D eigenvalue weighted by Crippen LogP contribution is 2.28. The van der Waals surface area contributed by atoms with Gasteiger partial charge in [-0.1, -0.05) is 15.9 Å². The molecule has 3 heterocycles. The van der Waals surface area contributed by atoms with Gasteiger partial charge in [0.15, 0.2) is 0 Å². The van der Waals surface area contributed by atoms with Gasteiger partial charge >= 0.3 is 0 Å². The van der Waals surface area contributed by atoms with Crippen molar-refractivity contribution in [2.45, 2.75) is 6.54 Å². The molecule has 8 heteroatoms. The summed E-state index contributed by atoms with van der Waals surface area (Å²) in [6.45, 7) is 4.25. The van der Waals surface area contributed by atoms with Gasteiger partial charge in [0.1, 0.15) is 5.82 Å². The van der Waals surface area contributed by atoms with Crippen molar-refractivity contribution in [3.63, 3.8) is 0 Å². The average molecular weight is 491 g/mol. The van der Waals surface area contributed by atoms with Crippen molar-refractivity contribution >= 4 is 44.3 Å².